The van der Waals surface area contributed by atoms with Gasteiger partial charge in [0.25, 0.3) is 0 Å². The van der Waals surface area contributed by atoms with E-state index in [2.05, 4.69) is 57.2 Å². The Morgan fingerprint density at radius 2 is 1.94 bits per heavy atom. The Labute approximate surface area is 100 Å². The molecule has 0 spiro atoms. The molecular weight excluding hydrogens is 198 g/mol. The summed E-state index contributed by atoms with van der Waals surface area (Å²) in [5, 5.41) is 6.97. The summed E-state index contributed by atoms with van der Waals surface area (Å²) < 4.78 is 0. The second kappa shape index (κ2) is 5.07. The summed E-state index contributed by atoms with van der Waals surface area (Å²) in [5.41, 5.74) is 0.442. The molecule has 0 aromatic heterocycles. The first kappa shape index (κ1) is 13.3. The molecule has 0 aliphatic heterocycles. The highest BCUT2D eigenvalue weighted by atomic mass is 15.2. The normalized spacial score (nSPS) is 25.4. The van der Waals surface area contributed by atoms with Crippen LogP contribution in [0.5, 0.6) is 0 Å². The van der Waals surface area contributed by atoms with E-state index in [4.69, 9.17) is 0 Å². The van der Waals surface area contributed by atoms with Gasteiger partial charge in [-0.3, -0.25) is 4.99 Å². The molecule has 0 radical (unpaired) electrons. The van der Waals surface area contributed by atoms with Crippen LogP contribution in [-0.2, 0) is 0 Å². The van der Waals surface area contributed by atoms with Gasteiger partial charge in [0.1, 0.15) is 0 Å². The molecule has 1 aliphatic carbocycles. The van der Waals surface area contributed by atoms with Crippen molar-refractivity contribution < 1.29 is 0 Å². The van der Waals surface area contributed by atoms with Crippen molar-refractivity contribution in [2.45, 2.75) is 60.0 Å². The van der Waals surface area contributed by atoms with E-state index in [1.807, 2.05) is 0 Å². The summed E-state index contributed by atoms with van der Waals surface area (Å²) in [6.45, 7) is 14.1. The molecular formula is C13H27N3. The van der Waals surface area contributed by atoms with E-state index in [0.717, 1.165) is 12.5 Å². The van der Waals surface area contributed by atoms with Crippen molar-refractivity contribution in [1.82, 2.24) is 10.6 Å². The smallest absolute Gasteiger partial charge is 0.191 e. The second-order valence-electron chi connectivity index (χ2n) is 5.89. The highest BCUT2D eigenvalue weighted by Gasteiger charge is 2.46. The maximum absolute atomic E-state index is 4.49. The van der Waals surface area contributed by atoms with Gasteiger partial charge in [-0.05, 0) is 31.6 Å². The molecule has 3 nitrogen and oxygen atoms in total. The SMILES string of the molecule is CCN=C(NC(C)C(C)C)NC1CC1(C)C. The van der Waals surface area contributed by atoms with Crippen LogP contribution in [0.4, 0.5) is 0 Å². The minimum Gasteiger partial charge on any atom is -0.354 e. The average Bonchev–Trinajstić information content (AvgIpc) is 2.73. The Kier molecular flexibility index (Phi) is 4.22. The van der Waals surface area contributed by atoms with Crippen molar-refractivity contribution in [2.75, 3.05) is 6.54 Å². The molecule has 0 heterocycles. The molecule has 0 aromatic carbocycles. The number of guanidine groups is 1. The summed E-state index contributed by atoms with van der Waals surface area (Å²) in [6, 6.07) is 1.05. The lowest BCUT2D eigenvalue weighted by Gasteiger charge is -2.21. The van der Waals surface area contributed by atoms with Gasteiger partial charge in [0.2, 0.25) is 0 Å². The summed E-state index contributed by atoms with van der Waals surface area (Å²) in [4.78, 5) is 4.49. The van der Waals surface area contributed by atoms with Gasteiger partial charge >= 0.3 is 0 Å². The van der Waals surface area contributed by atoms with Gasteiger partial charge in [0, 0.05) is 18.6 Å². The Morgan fingerprint density at radius 1 is 1.38 bits per heavy atom. The van der Waals surface area contributed by atoms with Crippen molar-refractivity contribution in [1.29, 1.82) is 0 Å². The summed E-state index contributed by atoms with van der Waals surface area (Å²) in [7, 11) is 0. The Morgan fingerprint density at radius 3 is 2.31 bits per heavy atom. The molecule has 1 saturated carbocycles. The Hall–Kier alpha value is -0.730. The van der Waals surface area contributed by atoms with E-state index in [9.17, 15) is 0 Å². The average molecular weight is 225 g/mol. The lowest BCUT2D eigenvalue weighted by atomic mass is 10.1. The predicted molar refractivity (Wildman–Crippen MR) is 70.7 cm³/mol. The van der Waals surface area contributed by atoms with Crippen LogP contribution in [0.15, 0.2) is 4.99 Å². The van der Waals surface area contributed by atoms with Gasteiger partial charge in [-0.15, -0.1) is 0 Å². The Balaban J connectivity index is 2.46. The standard InChI is InChI=1S/C13H27N3/c1-7-14-12(15-10(4)9(2)3)16-11-8-13(11,5)6/h9-11H,7-8H2,1-6H3,(H2,14,15,16). The van der Waals surface area contributed by atoms with Crippen molar-refractivity contribution in [3.8, 4) is 0 Å². The van der Waals surface area contributed by atoms with Gasteiger partial charge < -0.3 is 10.6 Å². The number of aliphatic imine (C=N–C) groups is 1. The summed E-state index contributed by atoms with van der Waals surface area (Å²) >= 11 is 0. The van der Waals surface area contributed by atoms with E-state index >= 15 is 0 Å². The van der Waals surface area contributed by atoms with E-state index in [1.54, 1.807) is 0 Å². The molecule has 0 aromatic rings. The summed E-state index contributed by atoms with van der Waals surface area (Å²) in [5.74, 6) is 1.59. The first-order valence-corrected chi connectivity index (χ1v) is 6.44. The minimum absolute atomic E-state index is 0.442. The number of rotatable bonds is 4. The third-order valence-electron chi connectivity index (χ3n) is 3.50. The molecule has 0 bridgehead atoms. The van der Waals surface area contributed by atoms with Crippen LogP contribution in [0, 0.1) is 11.3 Å². The quantitative estimate of drug-likeness (QED) is 0.569. The summed E-state index contributed by atoms with van der Waals surface area (Å²) in [6.07, 6.45) is 1.24. The van der Waals surface area contributed by atoms with Crippen molar-refractivity contribution >= 4 is 5.96 Å². The van der Waals surface area contributed by atoms with Crippen LogP contribution in [-0.4, -0.2) is 24.6 Å². The fourth-order valence-corrected chi connectivity index (χ4v) is 1.55. The molecule has 1 fully saturated rings. The van der Waals surface area contributed by atoms with Crippen LogP contribution in [0.3, 0.4) is 0 Å². The Bertz CT molecular complexity index is 250. The third kappa shape index (κ3) is 3.69. The highest BCUT2D eigenvalue weighted by Crippen LogP contribution is 2.44. The maximum Gasteiger partial charge on any atom is 0.191 e. The van der Waals surface area contributed by atoms with Gasteiger partial charge in [0.05, 0.1) is 0 Å². The van der Waals surface area contributed by atoms with Crippen LogP contribution in [0.1, 0.15) is 48.0 Å². The van der Waals surface area contributed by atoms with Crippen LogP contribution >= 0.6 is 0 Å². The molecule has 94 valence electrons. The van der Waals surface area contributed by atoms with Crippen LogP contribution in [0.2, 0.25) is 0 Å². The van der Waals surface area contributed by atoms with Gasteiger partial charge in [-0.25, -0.2) is 0 Å². The zero-order valence-corrected chi connectivity index (χ0v) is 11.6. The van der Waals surface area contributed by atoms with E-state index in [0.29, 0.717) is 23.4 Å². The van der Waals surface area contributed by atoms with Crippen molar-refractivity contribution in [3.05, 3.63) is 0 Å². The number of nitrogens with zero attached hydrogens (tertiary/aromatic N) is 1. The third-order valence-corrected chi connectivity index (χ3v) is 3.50. The highest BCUT2D eigenvalue weighted by molar-refractivity contribution is 5.80. The van der Waals surface area contributed by atoms with Crippen LogP contribution < -0.4 is 10.6 Å². The number of hydrogen-bond donors (Lipinski definition) is 2. The second-order valence-corrected chi connectivity index (χ2v) is 5.89. The molecule has 1 aliphatic rings. The molecule has 0 amide bonds. The van der Waals surface area contributed by atoms with Gasteiger partial charge in [-0.1, -0.05) is 27.7 Å². The predicted octanol–water partition coefficient (Wildman–Crippen LogP) is 2.38. The fourth-order valence-electron chi connectivity index (χ4n) is 1.55. The zero-order chi connectivity index (χ0) is 12.3. The number of nitrogens with one attached hydrogen (secondary N) is 2. The monoisotopic (exact) mass is 225 g/mol. The van der Waals surface area contributed by atoms with Crippen molar-refractivity contribution in [3.63, 3.8) is 0 Å². The lowest BCUT2D eigenvalue weighted by molar-refractivity contribution is 0.477. The van der Waals surface area contributed by atoms with Gasteiger partial charge in [-0.2, -0.15) is 0 Å². The topological polar surface area (TPSA) is 36.4 Å². The van der Waals surface area contributed by atoms with Crippen LogP contribution in [0.25, 0.3) is 0 Å². The first-order valence-electron chi connectivity index (χ1n) is 6.44. The lowest BCUT2D eigenvalue weighted by Crippen LogP contribution is -2.45. The molecule has 2 N–H and O–H groups in total. The number of hydrogen-bond acceptors (Lipinski definition) is 1. The first-order chi connectivity index (χ1) is 7.36. The van der Waals surface area contributed by atoms with E-state index in [-0.39, 0.29) is 0 Å². The molecule has 2 unspecified atom stereocenters. The molecule has 2 atom stereocenters. The maximum atomic E-state index is 4.49. The molecule has 0 saturated heterocycles. The van der Waals surface area contributed by atoms with Crippen molar-refractivity contribution in [2.24, 2.45) is 16.3 Å². The fraction of sp³-hybridized carbons (Fsp3) is 0.923. The molecule has 1 rings (SSSR count). The molecule has 16 heavy (non-hydrogen) atoms. The largest absolute Gasteiger partial charge is 0.354 e. The van der Waals surface area contributed by atoms with E-state index < -0.39 is 0 Å². The van der Waals surface area contributed by atoms with Gasteiger partial charge in [0.15, 0.2) is 5.96 Å². The zero-order valence-electron chi connectivity index (χ0n) is 11.6. The van der Waals surface area contributed by atoms with E-state index in [1.165, 1.54) is 6.42 Å². The molecule has 3 heteroatoms. The minimum atomic E-state index is 0.442.